The number of aromatic nitrogens is 1. The minimum atomic E-state index is -4.98. The van der Waals surface area contributed by atoms with E-state index in [0.29, 0.717) is 0 Å². The summed E-state index contributed by atoms with van der Waals surface area (Å²) in [5.74, 6) is -0.972. The molecule has 1 rings (SSSR count). The molecule has 0 saturated heterocycles. The molecule has 16 heavy (non-hydrogen) atoms. The Bertz CT molecular complexity index is 388. The smallest absolute Gasteiger partial charge is 0.383 e. The Morgan fingerprint density at radius 1 is 1.31 bits per heavy atom. The van der Waals surface area contributed by atoms with E-state index in [-0.39, 0.29) is 5.56 Å². The summed E-state index contributed by atoms with van der Waals surface area (Å²) in [6.07, 6.45) is -7.46. The number of hydrogen-bond donors (Lipinski definition) is 2. The van der Waals surface area contributed by atoms with E-state index in [1.807, 2.05) is 0 Å². The molecule has 0 spiro atoms. The third-order valence-electron chi connectivity index (χ3n) is 1.95. The van der Waals surface area contributed by atoms with Crippen molar-refractivity contribution in [2.45, 2.75) is 19.1 Å². The zero-order valence-corrected chi connectivity index (χ0v) is 7.85. The van der Waals surface area contributed by atoms with E-state index in [9.17, 15) is 22.0 Å². The van der Waals surface area contributed by atoms with Gasteiger partial charge in [0.05, 0.1) is 0 Å². The second-order valence-corrected chi connectivity index (χ2v) is 2.96. The lowest BCUT2D eigenvalue weighted by molar-refractivity contribution is -0.139. The number of alkyl halides is 5. The maximum absolute atomic E-state index is 12.5. The predicted molar refractivity (Wildman–Crippen MR) is 46.5 cm³/mol. The quantitative estimate of drug-likeness (QED) is 0.779. The fraction of sp³-hybridized carbons (Fsp3) is 0.375. The fourth-order valence-electron chi connectivity index (χ4n) is 1.29. The monoisotopic (exact) mass is 241 g/mol. The molecule has 0 aliphatic heterocycles. The molecule has 0 aliphatic rings. The van der Waals surface area contributed by atoms with E-state index in [1.54, 1.807) is 0 Å². The Morgan fingerprint density at radius 3 is 2.25 bits per heavy atom. The first kappa shape index (κ1) is 12.6. The van der Waals surface area contributed by atoms with Crippen molar-refractivity contribution in [1.29, 1.82) is 0 Å². The van der Waals surface area contributed by atoms with Crippen LogP contribution in [0.15, 0.2) is 6.20 Å². The number of nitrogens with two attached hydrogens (primary N) is 2. The van der Waals surface area contributed by atoms with Gasteiger partial charge in [0.1, 0.15) is 11.4 Å². The Morgan fingerprint density at radius 2 is 1.88 bits per heavy atom. The molecule has 0 aromatic carbocycles. The summed E-state index contributed by atoms with van der Waals surface area (Å²) in [6, 6.07) is 0. The third-order valence-corrected chi connectivity index (χ3v) is 1.95. The average Bonchev–Trinajstić information content (AvgIpc) is 2.15. The van der Waals surface area contributed by atoms with E-state index < -0.39 is 36.1 Å². The molecule has 0 atom stereocenters. The second kappa shape index (κ2) is 4.20. The summed E-state index contributed by atoms with van der Waals surface area (Å²) >= 11 is 0. The number of rotatable bonds is 2. The van der Waals surface area contributed by atoms with E-state index in [2.05, 4.69) is 4.98 Å². The van der Waals surface area contributed by atoms with Gasteiger partial charge in [-0.2, -0.15) is 13.2 Å². The zero-order chi connectivity index (χ0) is 12.5. The molecule has 8 heteroatoms. The number of pyridine rings is 1. The highest BCUT2D eigenvalue weighted by Gasteiger charge is 2.39. The van der Waals surface area contributed by atoms with Crippen LogP contribution in [0.4, 0.5) is 27.8 Å². The van der Waals surface area contributed by atoms with Gasteiger partial charge in [-0.15, -0.1) is 0 Å². The lowest BCUT2D eigenvalue weighted by Crippen LogP contribution is -2.17. The molecule has 3 nitrogen and oxygen atoms in total. The van der Waals surface area contributed by atoms with Gasteiger partial charge in [-0.3, -0.25) is 0 Å². The van der Waals surface area contributed by atoms with E-state index in [4.69, 9.17) is 11.5 Å². The first-order valence-corrected chi connectivity index (χ1v) is 4.11. The van der Waals surface area contributed by atoms with Crippen molar-refractivity contribution in [2.75, 3.05) is 5.73 Å². The summed E-state index contributed by atoms with van der Waals surface area (Å²) in [7, 11) is 0. The molecule has 1 heterocycles. The van der Waals surface area contributed by atoms with Gasteiger partial charge in [0, 0.05) is 18.3 Å². The second-order valence-electron chi connectivity index (χ2n) is 2.96. The minimum absolute atomic E-state index is 0.364. The van der Waals surface area contributed by atoms with Crippen molar-refractivity contribution in [1.82, 2.24) is 4.98 Å². The van der Waals surface area contributed by atoms with Crippen LogP contribution < -0.4 is 11.5 Å². The molecule has 0 saturated carbocycles. The van der Waals surface area contributed by atoms with Crippen LogP contribution in [0.1, 0.15) is 23.1 Å². The molecule has 0 aliphatic carbocycles. The molecule has 4 N–H and O–H groups in total. The summed E-state index contributed by atoms with van der Waals surface area (Å²) in [6.45, 7) is -0.462. The summed E-state index contributed by atoms with van der Waals surface area (Å²) < 4.78 is 62.6. The lowest BCUT2D eigenvalue weighted by Gasteiger charge is -2.16. The maximum Gasteiger partial charge on any atom is 0.420 e. The van der Waals surface area contributed by atoms with Crippen LogP contribution >= 0.6 is 0 Å². The van der Waals surface area contributed by atoms with Gasteiger partial charge in [-0.1, -0.05) is 0 Å². The van der Waals surface area contributed by atoms with Crippen molar-refractivity contribution in [2.24, 2.45) is 5.73 Å². The van der Waals surface area contributed by atoms with Crippen molar-refractivity contribution < 1.29 is 22.0 Å². The van der Waals surface area contributed by atoms with Crippen LogP contribution in [0.25, 0.3) is 0 Å². The van der Waals surface area contributed by atoms with Crippen LogP contribution in [-0.4, -0.2) is 4.98 Å². The topological polar surface area (TPSA) is 64.9 Å². The minimum Gasteiger partial charge on any atom is -0.383 e. The summed E-state index contributed by atoms with van der Waals surface area (Å²) in [5.41, 5.74) is 6.87. The number of halogens is 5. The largest absolute Gasteiger partial charge is 0.420 e. The zero-order valence-electron chi connectivity index (χ0n) is 7.85. The van der Waals surface area contributed by atoms with Crippen molar-refractivity contribution in [3.05, 3.63) is 22.9 Å². The van der Waals surface area contributed by atoms with Gasteiger partial charge in [-0.05, 0) is 5.56 Å². The van der Waals surface area contributed by atoms with E-state index >= 15 is 0 Å². The van der Waals surface area contributed by atoms with Gasteiger partial charge in [0.15, 0.2) is 0 Å². The number of nitrogens with zero attached hydrogens (tertiary/aromatic N) is 1. The average molecular weight is 241 g/mol. The lowest BCUT2D eigenvalue weighted by atomic mass is 10.0. The van der Waals surface area contributed by atoms with Gasteiger partial charge in [0.2, 0.25) is 0 Å². The fourth-order valence-corrected chi connectivity index (χ4v) is 1.29. The number of hydrogen-bond acceptors (Lipinski definition) is 3. The normalized spacial score (nSPS) is 12.2. The van der Waals surface area contributed by atoms with E-state index in [1.165, 1.54) is 0 Å². The molecule has 0 bridgehead atoms. The first-order valence-electron chi connectivity index (χ1n) is 4.11. The van der Waals surface area contributed by atoms with Crippen molar-refractivity contribution in [3.63, 3.8) is 0 Å². The van der Waals surface area contributed by atoms with Gasteiger partial charge in [0.25, 0.3) is 6.43 Å². The highest BCUT2D eigenvalue weighted by molar-refractivity contribution is 5.50. The molecular weight excluding hydrogens is 233 g/mol. The van der Waals surface area contributed by atoms with Crippen LogP contribution in [-0.2, 0) is 12.7 Å². The van der Waals surface area contributed by atoms with Gasteiger partial charge < -0.3 is 11.5 Å². The molecule has 90 valence electrons. The number of nitrogen functional groups attached to an aromatic ring is 1. The van der Waals surface area contributed by atoms with Gasteiger partial charge >= 0.3 is 6.18 Å². The molecule has 0 fully saturated rings. The first-order chi connectivity index (χ1) is 7.29. The van der Waals surface area contributed by atoms with Crippen molar-refractivity contribution >= 4 is 5.82 Å². The molecule has 1 aromatic rings. The van der Waals surface area contributed by atoms with Crippen LogP contribution in [0, 0.1) is 0 Å². The Labute approximate surface area is 87.3 Å². The number of anilines is 1. The van der Waals surface area contributed by atoms with Gasteiger partial charge in [-0.25, -0.2) is 13.8 Å². The Balaban J connectivity index is 3.55. The van der Waals surface area contributed by atoms with Crippen LogP contribution in [0.5, 0.6) is 0 Å². The third kappa shape index (κ3) is 2.21. The highest BCUT2D eigenvalue weighted by Crippen LogP contribution is 2.40. The van der Waals surface area contributed by atoms with Crippen LogP contribution in [0.2, 0.25) is 0 Å². The Hall–Kier alpha value is -1.44. The maximum atomic E-state index is 12.5. The Kier molecular flexibility index (Phi) is 3.32. The SMILES string of the molecule is NCc1cnc(N)c(C(F)(F)F)c1C(F)F. The molecule has 0 unspecified atom stereocenters. The van der Waals surface area contributed by atoms with E-state index in [0.717, 1.165) is 6.20 Å². The highest BCUT2D eigenvalue weighted by atomic mass is 19.4. The molecular formula is C8H8F5N3. The molecule has 0 amide bonds. The molecule has 1 aromatic heterocycles. The van der Waals surface area contributed by atoms with Crippen LogP contribution in [0.3, 0.4) is 0 Å². The predicted octanol–water partition coefficient (Wildman–Crippen LogP) is 2.08. The molecule has 0 radical (unpaired) electrons. The standard InChI is InChI=1S/C8H8F5N3/c9-6(10)4-3(1-14)2-16-7(15)5(4)8(11,12)13/h2,6H,1,14H2,(H2,15,16). The summed E-state index contributed by atoms with van der Waals surface area (Å²) in [5, 5.41) is 0. The van der Waals surface area contributed by atoms with Crippen molar-refractivity contribution in [3.8, 4) is 0 Å². The summed E-state index contributed by atoms with van der Waals surface area (Å²) in [4.78, 5) is 3.20.